The van der Waals surface area contributed by atoms with Gasteiger partial charge in [0, 0.05) is 6.07 Å². The fraction of sp³-hybridized carbons (Fsp3) is 0.0769. The molecule has 1 aliphatic heterocycles. The molecule has 0 amide bonds. The highest BCUT2D eigenvalue weighted by Gasteiger charge is 2.09. The van der Waals surface area contributed by atoms with Gasteiger partial charge in [0.2, 0.25) is 0 Å². The lowest BCUT2D eigenvalue weighted by Gasteiger charge is -2.10. The molecule has 0 bridgehead atoms. The van der Waals surface area contributed by atoms with Gasteiger partial charge in [-0.15, -0.1) is 10.2 Å². The summed E-state index contributed by atoms with van der Waals surface area (Å²) in [6.07, 6.45) is 0. The predicted octanol–water partition coefficient (Wildman–Crippen LogP) is 3.99. The van der Waals surface area contributed by atoms with E-state index >= 15 is 0 Å². The highest BCUT2D eigenvalue weighted by molar-refractivity contribution is 5.67. The molecule has 0 spiro atoms. The van der Waals surface area contributed by atoms with Gasteiger partial charge in [0.1, 0.15) is 23.7 Å². The molecule has 2 aromatic rings. The quantitative estimate of drug-likeness (QED) is 0.643. The summed E-state index contributed by atoms with van der Waals surface area (Å²) in [5, 5.41) is 7.75. The average molecular weight is 210 g/mol. The first-order chi connectivity index (χ1) is 7.92. The van der Waals surface area contributed by atoms with Crippen LogP contribution in [0.1, 0.15) is 5.56 Å². The summed E-state index contributed by atoms with van der Waals surface area (Å²) in [6, 6.07) is 15.8. The Morgan fingerprint density at radius 2 is 1.69 bits per heavy atom. The number of hydrogen-bond donors (Lipinski definition) is 0. The van der Waals surface area contributed by atoms with E-state index in [1.54, 1.807) is 0 Å². The van der Waals surface area contributed by atoms with E-state index in [1.807, 2.05) is 48.5 Å². The predicted molar refractivity (Wildman–Crippen MR) is 61.4 cm³/mol. The Morgan fingerprint density at radius 1 is 0.875 bits per heavy atom. The van der Waals surface area contributed by atoms with E-state index in [2.05, 4.69) is 10.2 Å². The minimum Gasteiger partial charge on any atom is -0.489 e. The van der Waals surface area contributed by atoms with Crippen molar-refractivity contribution in [2.75, 3.05) is 0 Å². The van der Waals surface area contributed by atoms with Crippen LogP contribution in [0.5, 0.6) is 5.75 Å². The van der Waals surface area contributed by atoms with Crippen LogP contribution in [0.4, 0.5) is 11.4 Å². The first-order valence-electron chi connectivity index (χ1n) is 5.14. The minimum atomic E-state index is 0.580. The van der Waals surface area contributed by atoms with Gasteiger partial charge in [-0.2, -0.15) is 0 Å². The lowest BCUT2D eigenvalue weighted by Crippen LogP contribution is -1.94. The molecule has 0 unspecified atom stereocenters. The number of hydrogen-bond acceptors (Lipinski definition) is 3. The third kappa shape index (κ3) is 1.67. The standard InChI is InChI=1S/C13H10N2O/c1-2-4-10(5-3-1)9-16-11-6-7-12-13(8-11)15-14-12/h1-8H,9H2. The van der Waals surface area contributed by atoms with E-state index in [1.165, 1.54) is 0 Å². The summed E-state index contributed by atoms with van der Waals surface area (Å²) in [4.78, 5) is 0. The van der Waals surface area contributed by atoms with Crippen LogP contribution in [0.2, 0.25) is 0 Å². The highest BCUT2D eigenvalue weighted by Crippen LogP contribution is 2.39. The van der Waals surface area contributed by atoms with Crippen LogP contribution in [0, 0.1) is 0 Å². The van der Waals surface area contributed by atoms with E-state index in [4.69, 9.17) is 4.74 Å². The topological polar surface area (TPSA) is 34.0 Å². The zero-order chi connectivity index (χ0) is 10.8. The Balaban J connectivity index is 1.69. The molecule has 0 saturated heterocycles. The summed E-state index contributed by atoms with van der Waals surface area (Å²) >= 11 is 0. The summed E-state index contributed by atoms with van der Waals surface area (Å²) in [5.41, 5.74) is 3.00. The van der Waals surface area contributed by atoms with Crippen molar-refractivity contribution in [3.05, 3.63) is 54.1 Å². The maximum atomic E-state index is 5.66. The van der Waals surface area contributed by atoms with Gasteiger partial charge >= 0.3 is 0 Å². The molecular formula is C13H10N2O. The molecule has 0 saturated carbocycles. The van der Waals surface area contributed by atoms with Crippen LogP contribution in [-0.2, 0) is 6.61 Å². The number of ether oxygens (including phenoxy) is 1. The second kappa shape index (κ2) is 3.77. The number of azo groups is 1. The summed E-state index contributed by atoms with van der Waals surface area (Å²) in [6.45, 7) is 0.580. The van der Waals surface area contributed by atoms with Gasteiger partial charge in [-0.3, -0.25) is 0 Å². The zero-order valence-electron chi connectivity index (χ0n) is 8.63. The normalized spacial score (nSPS) is 11.8. The molecule has 3 heteroatoms. The van der Waals surface area contributed by atoms with Crippen molar-refractivity contribution in [2.24, 2.45) is 10.2 Å². The third-order valence-electron chi connectivity index (χ3n) is 2.46. The van der Waals surface area contributed by atoms with Crippen LogP contribution in [0.25, 0.3) is 0 Å². The molecule has 0 fully saturated rings. The molecule has 0 atom stereocenters. The van der Waals surface area contributed by atoms with Gasteiger partial charge in [-0.1, -0.05) is 30.3 Å². The fourth-order valence-electron chi connectivity index (χ4n) is 1.56. The average Bonchev–Trinajstić information content (AvgIpc) is 2.31. The lowest BCUT2D eigenvalue weighted by molar-refractivity contribution is 0.306. The number of rotatable bonds is 3. The second-order valence-corrected chi connectivity index (χ2v) is 3.62. The van der Waals surface area contributed by atoms with Crippen molar-refractivity contribution in [3.8, 4) is 5.75 Å². The molecule has 1 aliphatic rings. The van der Waals surface area contributed by atoms with Crippen LogP contribution < -0.4 is 4.74 Å². The Hall–Kier alpha value is -2.16. The van der Waals surface area contributed by atoms with Crippen LogP contribution >= 0.6 is 0 Å². The maximum Gasteiger partial charge on any atom is 0.122 e. The van der Waals surface area contributed by atoms with Crippen molar-refractivity contribution < 1.29 is 4.74 Å². The monoisotopic (exact) mass is 210 g/mol. The van der Waals surface area contributed by atoms with Gasteiger partial charge < -0.3 is 4.74 Å². The maximum absolute atomic E-state index is 5.66. The molecule has 3 nitrogen and oxygen atoms in total. The summed E-state index contributed by atoms with van der Waals surface area (Å²) in [7, 11) is 0. The number of nitrogens with zero attached hydrogens (tertiary/aromatic N) is 2. The Kier molecular flexibility index (Phi) is 2.14. The molecule has 0 aliphatic carbocycles. The Morgan fingerprint density at radius 3 is 2.38 bits per heavy atom. The molecule has 16 heavy (non-hydrogen) atoms. The van der Waals surface area contributed by atoms with E-state index in [-0.39, 0.29) is 0 Å². The number of fused-ring (bicyclic) bond motifs is 1. The molecule has 78 valence electrons. The van der Waals surface area contributed by atoms with Gasteiger partial charge in [0.15, 0.2) is 0 Å². The minimum absolute atomic E-state index is 0.580. The number of benzene rings is 2. The van der Waals surface area contributed by atoms with E-state index in [9.17, 15) is 0 Å². The summed E-state index contributed by atoms with van der Waals surface area (Å²) in [5.74, 6) is 0.834. The molecule has 0 aromatic heterocycles. The molecular weight excluding hydrogens is 200 g/mol. The van der Waals surface area contributed by atoms with E-state index < -0.39 is 0 Å². The van der Waals surface area contributed by atoms with Crippen molar-refractivity contribution >= 4 is 11.4 Å². The van der Waals surface area contributed by atoms with Crippen molar-refractivity contribution in [2.45, 2.75) is 6.61 Å². The Labute approximate surface area is 93.4 Å². The smallest absolute Gasteiger partial charge is 0.122 e. The van der Waals surface area contributed by atoms with E-state index in [0.717, 1.165) is 22.7 Å². The molecule has 3 rings (SSSR count). The van der Waals surface area contributed by atoms with Crippen molar-refractivity contribution in [1.82, 2.24) is 0 Å². The Bertz CT molecular complexity index is 535. The van der Waals surface area contributed by atoms with Gasteiger partial charge in [-0.05, 0) is 17.7 Å². The van der Waals surface area contributed by atoms with Gasteiger partial charge in [0.05, 0.1) is 0 Å². The lowest BCUT2D eigenvalue weighted by atomic mass is 10.2. The second-order valence-electron chi connectivity index (χ2n) is 3.62. The van der Waals surface area contributed by atoms with Crippen LogP contribution in [-0.4, -0.2) is 0 Å². The molecule has 2 aromatic carbocycles. The fourth-order valence-corrected chi connectivity index (χ4v) is 1.56. The molecule has 0 radical (unpaired) electrons. The summed E-state index contributed by atoms with van der Waals surface area (Å²) < 4.78 is 5.66. The first-order valence-corrected chi connectivity index (χ1v) is 5.14. The van der Waals surface area contributed by atoms with Gasteiger partial charge in [0.25, 0.3) is 0 Å². The van der Waals surface area contributed by atoms with Crippen molar-refractivity contribution in [1.29, 1.82) is 0 Å². The largest absolute Gasteiger partial charge is 0.489 e. The SMILES string of the molecule is c1ccc(COc2ccc3c(c2)N=N3)cc1. The highest BCUT2D eigenvalue weighted by atomic mass is 16.5. The van der Waals surface area contributed by atoms with Crippen LogP contribution in [0.15, 0.2) is 58.8 Å². The third-order valence-corrected chi connectivity index (χ3v) is 2.46. The van der Waals surface area contributed by atoms with Crippen molar-refractivity contribution in [3.63, 3.8) is 0 Å². The zero-order valence-corrected chi connectivity index (χ0v) is 8.63. The van der Waals surface area contributed by atoms with Gasteiger partial charge in [-0.25, -0.2) is 0 Å². The molecule has 1 heterocycles. The van der Waals surface area contributed by atoms with Crippen LogP contribution in [0.3, 0.4) is 0 Å². The molecule has 0 N–H and O–H groups in total. The first kappa shape index (κ1) is 9.09. The van der Waals surface area contributed by atoms with E-state index in [0.29, 0.717) is 6.61 Å².